The van der Waals surface area contributed by atoms with Crippen molar-refractivity contribution in [2.45, 2.75) is 57.3 Å². The lowest BCUT2D eigenvalue weighted by Gasteiger charge is -2.22. The Labute approximate surface area is 98.1 Å². The molecule has 0 aromatic heterocycles. The minimum atomic E-state index is -0.351. The van der Waals surface area contributed by atoms with Crippen LogP contribution in [0.15, 0.2) is 0 Å². The van der Waals surface area contributed by atoms with Gasteiger partial charge in [-0.25, -0.2) is 0 Å². The summed E-state index contributed by atoms with van der Waals surface area (Å²) in [5, 5.41) is 9.39. The predicted octanol–water partition coefficient (Wildman–Crippen LogP) is 2.08. The summed E-state index contributed by atoms with van der Waals surface area (Å²) in [7, 11) is 0. The molecule has 0 spiro atoms. The van der Waals surface area contributed by atoms with Gasteiger partial charge in [0.15, 0.2) is 6.29 Å². The maximum Gasteiger partial charge on any atom is 0.157 e. The molecule has 1 saturated heterocycles. The van der Waals surface area contributed by atoms with E-state index in [1.54, 1.807) is 0 Å². The first kappa shape index (κ1) is 13.5. The van der Waals surface area contributed by atoms with Crippen molar-refractivity contribution >= 4 is 0 Å². The number of ether oxygens (including phenoxy) is 2. The average Bonchev–Trinajstić information content (AvgIpc) is 2.30. The van der Waals surface area contributed by atoms with Crippen molar-refractivity contribution in [3.8, 4) is 12.3 Å². The highest BCUT2D eigenvalue weighted by Gasteiger charge is 2.13. The van der Waals surface area contributed by atoms with E-state index in [1.165, 1.54) is 6.42 Å². The highest BCUT2D eigenvalue weighted by Crippen LogP contribution is 2.14. The maximum absolute atomic E-state index is 9.39. The Morgan fingerprint density at radius 3 is 3.00 bits per heavy atom. The van der Waals surface area contributed by atoms with E-state index in [4.69, 9.17) is 15.9 Å². The number of hydrogen-bond acceptors (Lipinski definition) is 3. The third-order valence-corrected chi connectivity index (χ3v) is 2.73. The van der Waals surface area contributed by atoms with Crippen LogP contribution in [0, 0.1) is 12.3 Å². The van der Waals surface area contributed by atoms with Gasteiger partial charge in [-0.15, -0.1) is 12.3 Å². The Balaban J connectivity index is 1.89. The molecule has 0 amide bonds. The van der Waals surface area contributed by atoms with Gasteiger partial charge in [0.2, 0.25) is 0 Å². The largest absolute Gasteiger partial charge is 0.392 e. The van der Waals surface area contributed by atoms with Gasteiger partial charge in [-0.2, -0.15) is 0 Å². The Bertz CT molecular complexity index is 204. The maximum atomic E-state index is 9.39. The molecule has 0 aromatic rings. The summed E-state index contributed by atoms with van der Waals surface area (Å²) < 4.78 is 11.0. The van der Waals surface area contributed by atoms with Crippen LogP contribution >= 0.6 is 0 Å². The molecule has 1 fully saturated rings. The Kier molecular flexibility index (Phi) is 7.24. The number of rotatable bonds is 7. The zero-order valence-electron chi connectivity index (χ0n) is 9.86. The Hall–Kier alpha value is -0.560. The molecule has 2 unspecified atom stereocenters. The first-order chi connectivity index (χ1) is 7.83. The van der Waals surface area contributed by atoms with Crippen LogP contribution in [0.25, 0.3) is 0 Å². The fourth-order valence-corrected chi connectivity index (χ4v) is 1.78. The van der Waals surface area contributed by atoms with Crippen molar-refractivity contribution in [1.82, 2.24) is 0 Å². The summed E-state index contributed by atoms with van der Waals surface area (Å²) in [6, 6.07) is 0. The smallest absolute Gasteiger partial charge is 0.157 e. The second kappa shape index (κ2) is 8.58. The summed E-state index contributed by atoms with van der Waals surface area (Å²) in [5.41, 5.74) is 0. The number of terminal acetylenes is 1. The third kappa shape index (κ3) is 6.12. The Morgan fingerprint density at radius 1 is 1.44 bits per heavy atom. The minimum Gasteiger partial charge on any atom is -0.392 e. The van der Waals surface area contributed by atoms with E-state index < -0.39 is 0 Å². The fraction of sp³-hybridized carbons (Fsp3) is 0.846. The summed E-state index contributed by atoms with van der Waals surface area (Å²) in [4.78, 5) is 0. The molecule has 92 valence electrons. The molecular weight excluding hydrogens is 204 g/mol. The molecule has 3 heteroatoms. The van der Waals surface area contributed by atoms with E-state index in [0.29, 0.717) is 13.0 Å². The van der Waals surface area contributed by atoms with Crippen molar-refractivity contribution in [1.29, 1.82) is 0 Å². The van der Waals surface area contributed by atoms with E-state index in [9.17, 15) is 5.11 Å². The Morgan fingerprint density at radius 2 is 2.31 bits per heavy atom. The number of hydrogen-bond donors (Lipinski definition) is 1. The highest BCUT2D eigenvalue weighted by molar-refractivity contribution is 4.86. The molecular formula is C13H22O3. The first-order valence-electron chi connectivity index (χ1n) is 6.17. The second-order valence-electron chi connectivity index (χ2n) is 4.22. The topological polar surface area (TPSA) is 38.7 Å². The van der Waals surface area contributed by atoms with Gasteiger partial charge in [-0.3, -0.25) is 0 Å². The zero-order valence-corrected chi connectivity index (χ0v) is 9.86. The lowest BCUT2D eigenvalue weighted by Crippen LogP contribution is -2.22. The molecule has 1 rings (SSSR count). The van der Waals surface area contributed by atoms with E-state index in [1.807, 2.05) is 0 Å². The van der Waals surface area contributed by atoms with Gasteiger partial charge in [0.25, 0.3) is 0 Å². The molecule has 3 nitrogen and oxygen atoms in total. The summed E-state index contributed by atoms with van der Waals surface area (Å²) in [6.07, 6.45) is 11.3. The van der Waals surface area contributed by atoms with Crippen LogP contribution in [0.2, 0.25) is 0 Å². The van der Waals surface area contributed by atoms with E-state index in [0.717, 1.165) is 38.7 Å². The molecule has 0 bridgehead atoms. The van der Waals surface area contributed by atoms with Crippen molar-refractivity contribution < 1.29 is 14.6 Å². The van der Waals surface area contributed by atoms with E-state index in [2.05, 4.69) is 5.92 Å². The van der Waals surface area contributed by atoms with Crippen molar-refractivity contribution in [2.24, 2.45) is 0 Å². The standard InChI is InChI=1S/C13H22O3/c1-2-7-12(14)8-3-5-10-15-13-9-4-6-11-16-13/h1,12-14H,3-11H2. The molecule has 0 aromatic carbocycles. The third-order valence-electron chi connectivity index (χ3n) is 2.73. The SMILES string of the molecule is C#CCC(O)CCCCOC1CCCCO1. The van der Waals surface area contributed by atoms with Crippen LogP contribution < -0.4 is 0 Å². The normalized spacial score (nSPS) is 22.6. The van der Waals surface area contributed by atoms with Gasteiger partial charge < -0.3 is 14.6 Å². The van der Waals surface area contributed by atoms with Gasteiger partial charge in [-0.1, -0.05) is 0 Å². The molecule has 1 heterocycles. The zero-order chi connectivity index (χ0) is 11.6. The average molecular weight is 226 g/mol. The van der Waals surface area contributed by atoms with Crippen LogP contribution in [0.1, 0.15) is 44.9 Å². The predicted molar refractivity (Wildman–Crippen MR) is 62.9 cm³/mol. The molecule has 0 saturated carbocycles. The number of aliphatic hydroxyl groups excluding tert-OH is 1. The van der Waals surface area contributed by atoms with E-state index in [-0.39, 0.29) is 12.4 Å². The van der Waals surface area contributed by atoms with E-state index >= 15 is 0 Å². The number of aliphatic hydroxyl groups is 1. The molecule has 0 radical (unpaired) electrons. The first-order valence-corrected chi connectivity index (χ1v) is 6.17. The molecule has 1 N–H and O–H groups in total. The van der Waals surface area contributed by atoms with Crippen molar-refractivity contribution in [2.75, 3.05) is 13.2 Å². The van der Waals surface area contributed by atoms with Crippen LogP contribution in [0.5, 0.6) is 0 Å². The summed E-state index contributed by atoms with van der Waals surface area (Å²) in [6.45, 7) is 1.54. The molecule has 1 aliphatic heterocycles. The second-order valence-corrected chi connectivity index (χ2v) is 4.22. The molecule has 16 heavy (non-hydrogen) atoms. The monoisotopic (exact) mass is 226 g/mol. The van der Waals surface area contributed by atoms with Gasteiger partial charge >= 0.3 is 0 Å². The van der Waals surface area contributed by atoms with Gasteiger partial charge in [0.1, 0.15) is 0 Å². The lowest BCUT2D eigenvalue weighted by atomic mass is 10.1. The van der Waals surface area contributed by atoms with Crippen LogP contribution in [0.4, 0.5) is 0 Å². The highest BCUT2D eigenvalue weighted by atomic mass is 16.7. The molecule has 0 aliphatic carbocycles. The lowest BCUT2D eigenvalue weighted by molar-refractivity contribution is -0.162. The summed E-state index contributed by atoms with van der Waals surface area (Å²) >= 11 is 0. The molecule has 2 atom stereocenters. The van der Waals surface area contributed by atoms with Gasteiger partial charge in [0.05, 0.1) is 6.10 Å². The summed E-state index contributed by atoms with van der Waals surface area (Å²) in [5.74, 6) is 2.46. The van der Waals surface area contributed by atoms with Crippen LogP contribution in [-0.2, 0) is 9.47 Å². The van der Waals surface area contributed by atoms with Crippen molar-refractivity contribution in [3.05, 3.63) is 0 Å². The minimum absolute atomic E-state index is 0.00406. The van der Waals surface area contributed by atoms with Crippen molar-refractivity contribution in [3.63, 3.8) is 0 Å². The quantitative estimate of drug-likeness (QED) is 0.533. The number of unbranched alkanes of at least 4 members (excludes halogenated alkanes) is 1. The molecule has 1 aliphatic rings. The van der Waals surface area contributed by atoms with Gasteiger partial charge in [-0.05, 0) is 38.5 Å². The fourth-order valence-electron chi connectivity index (χ4n) is 1.78. The van der Waals surface area contributed by atoms with Gasteiger partial charge in [0, 0.05) is 19.6 Å². The van der Waals surface area contributed by atoms with Crippen LogP contribution in [0.3, 0.4) is 0 Å². The van der Waals surface area contributed by atoms with Crippen LogP contribution in [-0.4, -0.2) is 30.7 Å².